The van der Waals surface area contributed by atoms with E-state index in [-0.39, 0.29) is 0 Å². The van der Waals surface area contributed by atoms with E-state index in [0.29, 0.717) is 5.56 Å². The molecule has 0 saturated carbocycles. The van der Waals surface area contributed by atoms with Crippen LogP contribution in [0.25, 0.3) is 10.8 Å². The van der Waals surface area contributed by atoms with Gasteiger partial charge < -0.3 is 0 Å². The molecule has 0 unspecified atom stereocenters. The molecule has 0 bridgehead atoms. The Balaban J connectivity index is 2.67. The highest BCUT2D eigenvalue weighted by Crippen LogP contribution is 2.25. The molecule has 0 aliphatic heterocycles. The average molecular weight is 266 g/mol. The third-order valence-electron chi connectivity index (χ3n) is 2.18. The maximum absolute atomic E-state index is 11.2. The van der Waals surface area contributed by atoms with Crippen LogP contribution in [-0.2, 0) is 0 Å². The van der Waals surface area contributed by atoms with Crippen LogP contribution in [0.4, 0.5) is 0 Å². The Morgan fingerprint density at radius 1 is 1.27 bits per heavy atom. The lowest BCUT2D eigenvalue weighted by atomic mass is 10.1. The van der Waals surface area contributed by atoms with Gasteiger partial charge in [-0.1, -0.05) is 40.2 Å². The lowest BCUT2D eigenvalue weighted by Gasteiger charge is -2.04. The van der Waals surface area contributed by atoms with Gasteiger partial charge in [0.2, 0.25) is 0 Å². The third-order valence-corrected chi connectivity index (χ3v) is 2.83. The number of carbonyl (C=O) groups is 1. The average Bonchev–Trinajstić information content (AvgIpc) is 2.28. The molecule has 3 nitrogen and oxygen atoms in total. The third kappa shape index (κ3) is 1.86. The first-order valence-corrected chi connectivity index (χ1v) is 5.14. The first-order chi connectivity index (χ1) is 7.22. The first kappa shape index (κ1) is 10.1. The van der Waals surface area contributed by atoms with Crippen molar-refractivity contribution in [2.24, 2.45) is 0 Å². The second kappa shape index (κ2) is 4.00. The molecule has 0 spiro atoms. The van der Waals surface area contributed by atoms with Crippen molar-refractivity contribution < 1.29 is 10.0 Å². The van der Waals surface area contributed by atoms with Crippen LogP contribution in [0.2, 0.25) is 0 Å². The molecule has 15 heavy (non-hydrogen) atoms. The highest BCUT2D eigenvalue weighted by Gasteiger charge is 2.07. The monoisotopic (exact) mass is 265 g/mol. The summed E-state index contributed by atoms with van der Waals surface area (Å²) in [6.07, 6.45) is 0. The molecule has 4 heteroatoms. The van der Waals surface area contributed by atoms with Gasteiger partial charge in [-0.25, -0.2) is 5.48 Å². The number of hydrogen-bond acceptors (Lipinski definition) is 2. The Hall–Kier alpha value is -1.39. The van der Waals surface area contributed by atoms with E-state index >= 15 is 0 Å². The van der Waals surface area contributed by atoms with E-state index in [9.17, 15) is 4.79 Å². The van der Waals surface area contributed by atoms with E-state index in [1.54, 1.807) is 17.6 Å². The Kier molecular flexibility index (Phi) is 2.70. The van der Waals surface area contributed by atoms with Crippen molar-refractivity contribution in [2.75, 3.05) is 0 Å². The number of fused-ring (bicyclic) bond motifs is 1. The Labute approximate surface area is 94.8 Å². The molecule has 1 amide bonds. The van der Waals surface area contributed by atoms with Gasteiger partial charge in [0.25, 0.3) is 5.91 Å². The minimum absolute atomic E-state index is 0.420. The van der Waals surface area contributed by atoms with E-state index in [4.69, 9.17) is 5.21 Å². The molecule has 0 fully saturated rings. The van der Waals surface area contributed by atoms with Crippen molar-refractivity contribution >= 4 is 32.6 Å². The van der Waals surface area contributed by atoms with Gasteiger partial charge in [-0.3, -0.25) is 10.0 Å². The molecule has 76 valence electrons. The summed E-state index contributed by atoms with van der Waals surface area (Å²) in [6.45, 7) is 0. The van der Waals surface area contributed by atoms with Gasteiger partial charge in [0.05, 0.1) is 0 Å². The molecule has 0 aromatic heterocycles. The lowest BCUT2D eigenvalue weighted by molar-refractivity contribution is 0.0706. The van der Waals surface area contributed by atoms with Crippen LogP contribution >= 0.6 is 15.9 Å². The number of nitrogens with one attached hydrogen (secondary N) is 1. The van der Waals surface area contributed by atoms with Crippen molar-refractivity contribution in [3.63, 3.8) is 0 Å². The van der Waals surface area contributed by atoms with E-state index in [1.807, 2.05) is 24.3 Å². The maximum Gasteiger partial charge on any atom is 0.274 e. The van der Waals surface area contributed by atoms with Crippen LogP contribution in [0.15, 0.2) is 40.9 Å². The van der Waals surface area contributed by atoms with E-state index < -0.39 is 5.91 Å². The summed E-state index contributed by atoms with van der Waals surface area (Å²) < 4.78 is 0.833. The fraction of sp³-hybridized carbons (Fsp3) is 0. The predicted octanol–water partition coefficient (Wildman–Crippen LogP) is 2.72. The van der Waals surface area contributed by atoms with Crippen molar-refractivity contribution in [3.05, 3.63) is 46.4 Å². The zero-order valence-corrected chi connectivity index (χ0v) is 9.28. The lowest BCUT2D eigenvalue weighted by Crippen LogP contribution is -2.18. The molecule has 0 aliphatic rings. The first-order valence-electron chi connectivity index (χ1n) is 4.35. The highest BCUT2D eigenvalue weighted by atomic mass is 79.9. The second-order valence-corrected chi connectivity index (χ2v) is 3.97. The van der Waals surface area contributed by atoms with Crippen LogP contribution < -0.4 is 5.48 Å². The summed E-state index contributed by atoms with van der Waals surface area (Å²) in [6, 6.07) is 11.1. The normalized spacial score (nSPS) is 10.3. The van der Waals surface area contributed by atoms with Gasteiger partial charge in [-0.05, 0) is 22.9 Å². The quantitative estimate of drug-likeness (QED) is 0.616. The van der Waals surface area contributed by atoms with Gasteiger partial charge >= 0.3 is 0 Å². The second-order valence-electron chi connectivity index (χ2n) is 3.12. The van der Waals surface area contributed by atoms with Gasteiger partial charge in [-0.2, -0.15) is 0 Å². The summed E-state index contributed by atoms with van der Waals surface area (Å²) in [5.74, 6) is -0.513. The maximum atomic E-state index is 11.2. The predicted molar refractivity (Wildman–Crippen MR) is 60.9 cm³/mol. The van der Waals surface area contributed by atoms with Crippen LogP contribution in [0.5, 0.6) is 0 Å². The molecule has 0 aliphatic carbocycles. The number of amides is 1. The van der Waals surface area contributed by atoms with E-state index in [1.165, 1.54) is 0 Å². The highest BCUT2D eigenvalue weighted by molar-refractivity contribution is 9.10. The molecular formula is C11H8BrNO2. The molecule has 0 atom stereocenters. The molecule has 2 rings (SSSR count). The van der Waals surface area contributed by atoms with Crippen molar-refractivity contribution in [2.45, 2.75) is 0 Å². The molecule has 2 aromatic carbocycles. The Bertz CT molecular complexity index is 525. The Morgan fingerprint density at radius 3 is 2.73 bits per heavy atom. The summed E-state index contributed by atoms with van der Waals surface area (Å²) in [5, 5.41) is 10.5. The fourth-order valence-electron chi connectivity index (χ4n) is 1.46. The number of benzene rings is 2. The standard InChI is InChI=1S/C11H8BrNO2/c12-10-6-8(11(14)13-15)5-7-3-1-2-4-9(7)10/h1-6,15H,(H,13,14). The largest absolute Gasteiger partial charge is 0.288 e. The van der Waals surface area contributed by atoms with Crippen LogP contribution in [0, 0.1) is 0 Å². The molecule has 0 saturated heterocycles. The summed E-state index contributed by atoms with van der Waals surface area (Å²) >= 11 is 3.38. The van der Waals surface area contributed by atoms with Crippen molar-refractivity contribution in [3.8, 4) is 0 Å². The zero-order chi connectivity index (χ0) is 10.8. The SMILES string of the molecule is O=C(NO)c1cc(Br)c2ccccc2c1. The van der Waals surface area contributed by atoms with Gasteiger partial charge in [0.15, 0.2) is 0 Å². The smallest absolute Gasteiger partial charge is 0.274 e. The van der Waals surface area contributed by atoms with Crippen LogP contribution in [0.1, 0.15) is 10.4 Å². The summed E-state index contributed by atoms with van der Waals surface area (Å²) in [4.78, 5) is 11.2. The summed E-state index contributed by atoms with van der Waals surface area (Å²) in [5.41, 5.74) is 2.03. The number of rotatable bonds is 1. The minimum atomic E-state index is -0.513. The van der Waals surface area contributed by atoms with Gasteiger partial charge in [-0.15, -0.1) is 0 Å². The van der Waals surface area contributed by atoms with Gasteiger partial charge in [0.1, 0.15) is 0 Å². The van der Waals surface area contributed by atoms with Crippen molar-refractivity contribution in [1.82, 2.24) is 5.48 Å². The minimum Gasteiger partial charge on any atom is -0.288 e. The van der Waals surface area contributed by atoms with E-state index in [2.05, 4.69) is 15.9 Å². The molecule has 0 heterocycles. The molecule has 2 aromatic rings. The fourth-order valence-corrected chi connectivity index (χ4v) is 2.07. The van der Waals surface area contributed by atoms with E-state index in [0.717, 1.165) is 15.2 Å². The number of hydroxylamine groups is 1. The summed E-state index contributed by atoms with van der Waals surface area (Å²) in [7, 11) is 0. The van der Waals surface area contributed by atoms with Crippen molar-refractivity contribution in [1.29, 1.82) is 0 Å². The molecule has 2 N–H and O–H groups in total. The zero-order valence-electron chi connectivity index (χ0n) is 7.70. The number of halogens is 1. The Morgan fingerprint density at radius 2 is 2.00 bits per heavy atom. The molecular weight excluding hydrogens is 258 g/mol. The number of carbonyl (C=O) groups excluding carboxylic acids is 1. The van der Waals surface area contributed by atoms with Crippen LogP contribution in [0.3, 0.4) is 0 Å². The van der Waals surface area contributed by atoms with Gasteiger partial charge in [0, 0.05) is 10.0 Å². The molecule has 0 radical (unpaired) electrons. The topological polar surface area (TPSA) is 49.3 Å². The van der Waals surface area contributed by atoms with Crippen LogP contribution in [-0.4, -0.2) is 11.1 Å². The number of hydrogen-bond donors (Lipinski definition) is 2.